The van der Waals surface area contributed by atoms with E-state index in [0.717, 1.165) is 42.4 Å². The lowest BCUT2D eigenvalue weighted by molar-refractivity contribution is -0.125. The summed E-state index contributed by atoms with van der Waals surface area (Å²) in [6.45, 7) is 0. The Hall–Kier alpha value is -3.92. The molecule has 2 aromatic carbocycles. The van der Waals surface area contributed by atoms with Gasteiger partial charge in [-0.3, -0.25) is 4.79 Å². The third-order valence-electron chi connectivity index (χ3n) is 8.17. The normalized spacial score (nSPS) is 21.2. The second-order valence-corrected chi connectivity index (χ2v) is 11.1. The van der Waals surface area contributed by atoms with Gasteiger partial charge in [-0.2, -0.15) is 0 Å². The Balaban J connectivity index is 1.30. The van der Waals surface area contributed by atoms with E-state index >= 15 is 0 Å². The van der Waals surface area contributed by atoms with Crippen LogP contribution in [0.15, 0.2) is 60.7 Å². The Labute approximate surface area is 231 Å². The molecular weight excluding hydrogens is 516 g/mol. The predicted octanol–water partition coefficient (Wildman–Crippen LogP) is 5.89. The zero-order valence-corrected chi connectivity index (χ0v) is 22.3. The Kier molecular flexibility index (Phi) is 7.55. The number of amides is 2. The van der Waals surface area contributed by atoms with Crippen molar-refractivity contribution in [2.24, 2.45) is 11.7 Å². The molecule has 2 saturated carbocycles. The fraction of sp³-hybridized carbons (Fsp3) is 0.400. The van der Waals surface area contributed by atoms with E-state index in [2.05, 4.69) is 15.5 Å². The van der Waals surface area contributed by atoms with Crippen LogP contribution in [0, 0.1) is 5.92 Å². The van der Waals surface area contributed by atoms with Crippen molar-refractivity contribution in [1.82, 2.24) is 15.1 Å². The van der Waals surface area contributed by atoms with Gasteiger partial charge in [0.25, 0.3) is 5.92 Å². The van der Waals surface area contributed by atoms with Crippen molar-refractivity contribution < 1.29 is 23.5 Å². The van der Waals surface area contributed by atoms with Gasteiger partial charge in [0, 0.05) is 43.5 Å². The van der Waals surface area contributed by atoms with Crippen molar-refractivity contribution in [2.45, 2.75) is 62.4 Å². The maximum Gasteiger partial charge on any atom is 0.407 e. The summed E-state index contributed by atoms with van der Waals surface area (Å²) in [5.41, 5.74) is 8.84. The van der Waals surface area contributed by atoms with E-state index in [1.54, 1.807) is 25.2 Å². The molecule has 1 aromatic heterocycles. The molecule has 0 bridgehead atoms. The summed E-state index contributed by atoms with van der Waals surface area (Å²) >= 11 is 0. The number of hydrogen-bond acceptors (Lipinski definition) is 5. The van der Waals surface area contributed by atoms with Crippen molar-refractivity contribution in [3.8, 4) is 22.4 Å². The number of nitrogens with two attached hydrogens (primary N) is 1. The number of carbonyl (C=O) groups is 2. The van der Waals surface area contributed by atoms with Gasteiger partial charge in [0.15, 0.2) is 5.82 Å². The molecule has 2 amide bonds. The maximum absolute atomic E-state index is 13.5. The first kappa shape index (κ1) is 27.6. The average Bonchev–Trinajstić information content (AvgIpc) is 2.92. The van der Waals surface area contributed by atoms with E-state index in [1.165, 1.54) is 4.90 Å². The molecule has 0 aliphatic heterocycles. The highest BCUT2D eigenvalue weighted by Gasteiger charge is 2.55. The Morgan fingerprint density at radius 3 is 2.25 bits per heavy atom. The molecule has 0 radical (unpaired) electrons. The molecule has 2 aliphatic rings. The van der Waals surface area contributed by atoms with Gasteiger partial charge in [0.2, 0.25) is 5.91 Å². The molecule has 1 heterocycles. The molecule has 8 nitrogen and oxygen atoms in total. The van der Waals surface area contributed by atoms with Crippen LogP contribution in [0.1, 0.15) is 50.5 Å². The monoisotopic (exact) mass is 549 g/mol. The minimum absolute atomic E-state index is 0.0113. The van der Waals surface area contributed by atoms with E-state index < -0.39 is 17.6 Å². The third-order valence-corrected chi connectivity index (χ3v) is 8.17. The Bertz CT molecular complexity index is 1370. The molecule has 4 N–H and O–H groups in total. The number of nitrogens with one attached hydrogen (secondary N) is 1. The van der Waals surface area contributed by atoms with Gasteiger partial charge in [-0.05, 0) is 48.8 Å². The van der Waals surface area contributed by atoms with Crippen LogP contribution in [0.5, 0.6) is 0 Å². The first-order valence-electron chi connectivity index (χ1n) is 13.5. The minimum Gasteiger partial charge on any atom is -0.465 e. The molecule has 40 heavy (non-hydrogen) atoms. The maximum atomic E-state index is 13.5. The van der Waals surface area contributed by atoms with Crippen LogP contribution in [-0.4, -0.2) is 51.2 Å². The van der Waals surface area contributed by atoms with Crippen LogP contribution in [0.4, 0.5) is 19.4 Å². The van der Waals surface area contributed by atoms with E-state index in [-0.39, 0.29) is 30.7 Å². The number of rotatable bonds is 7. The van der Waals surface area contributed by atoms with Crippen molar-refractivity contribution in [3.63, 3.8) is 0 Å². The van der Waals surface area contributed by atoms with Crippen LogP contribution in [0.2, 0.25) is 0 Å². The lowest BCUT2D eigenvalue weighted by Gasteiger charge is -2.44. The van der Waals surface area contributed by atoms with Crippen LogP contribution < -0.4 is 11.1 Å². The zero-order chi connectivity index (χ0) is 28.5. The molecule has 2 aliphatic carbocycles. The number of nitrogens with zero attached hydrogens (tertiary/aromatic N) is 3. The Morgan fingerprint density at radius 2 is 1.65 bits per heavy atom. The Morgan fingerprint density at radius 1 is 1.00 bits per heavy atom. The van der Waals surface area contributed by atoms with Gasteiger partial charge in [0.05, 0.1) is 5.54 Å². The minimum atomic E-state index is -2.73. The lowest BCUT2D eigenvalue weighted by Crippen LogP contribution is -2.55. The summed E-state index contributed by atoms with van der Waals surface area (Å²) in [5.74, 6) is -2.37. The SMILES string of the molecule is CN(C(=O)O)[C@H]1CC[C@H](CC(=O)Nc2cc(-c3ccccc3)c(-c3ccc(C4(N)CC(F)(F)C4)cc3)nn2)CC1. The second kappa shape index (κ2) is 10.9. The molecule has 210 valence electrons. The van der Waals surface area contributed by atoms with Gasteiger partial charge in [0.1, 0.15) is 5.69 Å². The highest BCUT2D eigenvalue weighted by molar-refractivity contribution is 5.91. The zero-order valence-electron chi connectivity index (χ0n) is 22.3. The molecule has 0 atom stereocenters. The molecule has 2 fully saturated rings. The van der Waals surface area contributed by atoms with Gasteiger partial charge in [-0.1, -0.05) is 54.6 Å². The van der Waals surface area contributed by atoms with Gasteiger partial charge in [-0.25, -0.2) is 13.6 Å². The quantitative estimate of drug-likeness (QED) is 0.338. The van der Waals surface area contributed by atoms with Crippen molar-refractivity contribution in [2.75, 3.05) is 12.4 Å². The number of benzene rings is 2. The summed E-state index contributed by atoms with van der Waals surface area (Å²) in [7, 11) is 1.59. The highest BCUT2D eigenvalue weighted by Crippen LogP contribution is 2.50. The van der Waals surface area contributed by atoms with Crippen LogP contribution in [0.3, 0.4) is 0 Å². The molecule has 0 saturated heterocycles. The molecule has 0 spiro atoms. The second-order valence-electron chi connectivity index (χ2n) is 11.1. The summed E-state index contributed by atoms with van der Waals surface area (Å²) in [4.78, 5) is 25.4. The fourth-order valence-corrected chi connectivity index (χ4v) is 5.89. The van der Waals surface area contributed by atoms with Crippen molar-refractivity contribution >= 4 is 17.8 Å². The summed E-state index contributed by atoms with van der Waals surface area (Å²) in [6.07, 6.45) is 1.70. The third kappa shape index (κ3) is 5.96. The van der Waals surface area contributed by atoms with Crippen LogP contribution >= 0.6 is 0 Å². The van der Waals surface area contributed by atoms with E-state index in [4.69, 9.17) is 5.73 Å². The van der Waals surface area contributed by atoms with Crippen LogP contribution in [-0.2, 0) is 10.3 Å². The van der Waals surface area contributed by atoms with Gasteiger partial charge < -0.3 is 21.1 Å². The number of halogens is 2. The van der Waals surface area contributed by atoms with Crippen LogP contribution in [0.25, 0.3) is 22.4 Å². The van der Waals surface area contributed by atoms with Crippen molar-refractivity contribution in [1.29, 1.82) is 0 Å². The molecule has 0 unspecified atom stereocenters. The number of hydrogen-bond donors (Lipinski definition) is 3. The molecule has 3 aromatic rings. The van der Waals surface area contributed by atoms with E-state index in [9.17, 15) is 23.5 Å². The first-order chi connectivity index (χ1) is 19.0. The summed E-state index contributed by atoms with van der Waals surface area (Å²) in [5, 5.41) is 20.8. The summed E-state index contributed by atoms with van der Waals surface area (Å²) in [6, 6.07) is 18.5. The van der Waals surface area contributed by atoms with Gasteiger partial charge in [-0.15, -0.1) is 10.2 Å². The standard InChI is InChI=1S/C30H33F2N5O3/c1-37(28(39)40)23-13-7-19(8-14-23)15-26(38)34-25-16-24(20-5-3-2-4-6-20)27(36-35-25)21-9-11-22(12-10-21)29(33)17-30(31,32)18-29/h2-6,9-12,16,19,23H,7-8,13-15,17-18,33H2,1H3,(H,39,40)(H,34,35,38)/t19-,23-. The highest BCUT2D eigenvalue weighted by atomic mass is 19.3. The van der Waals surface area contributed by atoms with Gasteiger partial charge >= 0.3 is 6.09 Å². The fourth-order valence-electron chi connectivity index (χ4n) is 5.89. The number of carbonyl (C=O) groups excluding carboxylic acids is 1. The predicted molar refractivity (Wildman–Crippen MR) is 148 cm³/mol. The molecule has 5 rings (SSSR count). The molecular formula is C30H33F2N5O3. The largest absolute Gasteiger partial charge is 0.465 e. The van der Waals surface area contributed by atoms with E-state index in [1.807, 2.05) is 42.5 Å². The average molecular weight is 550 g/mol. The number of carboxylic acid groups (broad SMARTS) is 1. The number of alkyl halides is 2. The lowest BCUT2D eigenvalue weighted by atomic mass is 9.70. The topological polar surface area (TPSA) is 121 Å². The van der Waals surface area contributed by atoms with E-state index in [0.29, 0.717) is 23.5 Å². The molecule has 10 heteroatoms. The number of aromatic nitrogens is 2. The number of anilines is 1. The van der Waals surface area contributed by atoms with Crippen molar-refractivity contribution in [3.05, 3.63) is 66.2 Å². The summed E-state index contributed by atoms with van der Waals surface area (Å²) < 4.78 is 27.0. The first-order valence-corrected chi connectivity index (χ1v) is 13.5. The smallest absolute Gasteiger partial charge is 0.407 e.